The molecule has 4 N–H and O–H groups in total. The van der Waals surface area contributed by atoms with E-state index in [0.29, 0.717) is 24.1 Å². The van der Waals surface area contributed by atoms with Gasteiger partial charge in [0.1, 0.15) is 0 Å². The number of rotatable bonds is 2. The molecule has 56 valence electrons. The molecule has 1 aliphatic carbocycles. The van der Waals surface area contributed by atoms with E-state index in [9.17, 15) is 4.79 Å². The molecule has 0 unspecified atom stereocenters. The van der Waals surface area contributed by atoms with Gasteiger partial charge in [0.25, 0.3) is 0 Å². The largest absolute Gasteiger partial charge is 0.391 e. The van der Waals surface area contributed by atoms with Gasteiger partial charge in [0.05, 0.1) is 6.61 Å². The lowest BCUT2D eigenvalue weighted by Gasteiger charge is -2.00. The van der Waals surface area contributed by atoms with Crippen LogP contribution in [0.15, 0.2) is 11.3 Å². The first-order valence-corrected chi connectivity index (χ1v) is 3.12. The second kappa shape index (κ2) is 2.81. The fourth-order valence-electron chi connectivity index (χ4n) is 1.05. The van der Waals surface area contributed by atoms with Gasteiger partial charge in [-0.1, -0.05) is 0 Å². The number of ketones is 1. The van der Waals surface area contributed by atoms with Crippen molar-refractivity contribution in [3.8, 4) is 0 Å². The summed E-state index contributed by atoms with van der Waals surface area (Å²) >= 11 is 0. The minimum atomic E-state index is -0.210. The Hall–Kier alpha value is -0.870. The van der Waals surface area contributed by atoms with Crippen LogP contribution in [0.4, 0.5) is 0 Å². The topological polar surface area (TPSA) is 75.3 Å². The third-order valence-corrected chi connectivity index (χ3v) is 1.64. The highest BCUT2D eigenvalue weighted by Crippen LogP contribution is 2.18. The van der Waals surface area contributed by atoms with E-state index in [4.69, 9.17) is 10.9 Å². The molecule has 1 aliphatic rings. The Morgan fingerprint density at radius 2 is 2.30 bits per heavy atom. The predicted molar refractivity (Wildman–Crippen MR) is 35.7 cm³/mol. The van der Waals surface area contributed by atoms with E-state index < -0.39 is 0 Å². The van der Waals surface area contributed by atoms with Crippen LogP contribution in [0.2, 0.25) is 0 Å². The maximum atomic E-state index is 10.9. The summed E-state index contributed by atoms with van der Waals surface area (Å²) in [5.41, 5.74) is 3.50. The van der Waals surface area contributed by atoms with Crippen LogP contribution in [0.3, 0.4) is 0 Å². The van der Waals surface area contributed by atoms with Gasteiger partial charge in [0.2, 0.25) is 0 Å². The van der Waals surface area contributed by atoms with Crippen molar-refractivity contribution in [2.24, 2.45) is 5.84 Å². The van der Waals surface area contributed by atoms with Gasteiger partial charge < -0.3 is 10.5 Å². The molecule has 0 saturated heterocycles. The lowest BCUT2D eigenvalue weighted by molar-refractivity contribution is -0.115. The average molecular weight is 142 g/mol. The molecule has 4 nitrogen and oxygen atoms in total. The first-order chi connectivity index (χ1) is 4.79. The number of carbonyl (C=O) groups is 1. The Labute approximate surface area is 58.7 Å². The Balaban J connectivity index is 2.81. The summed E-state index contributed by atoms with van der Waals surface area (Å²) in [5.74, 6) is 5.09. The van der Waals surface area contributed by atoms with Crippen LogP contribution in [0.25, 0.3) is 0 Å². The number of hydrogen-bond acceptors (Lipinski definition) is 4. The van der Waals surface area contributed by atoms with Crippen molar-refractivity contribution in [1.82, 2.24) is 5.43 Å². The first-order valence-electron chi connectivity index (χ1n) is 3.12. The molecule has 0 spiro atoms. The number of allylic oxidation sites excluding steroid dienone is 1. The smallest absolute Gasteiger partial charge is 0.163 e. The molecule has 0 heterocycles. The molecule has 10 heavy (non-hydrogen) atoms. The van der Waals surface area contributed by atoms with Crippen molar-refractivity contribution >= 4 is 5.78 Å². The molecule has 0 radical (unpaired) electrons. The third-order valence-electron chi connectivity index (χ3n) is 1.64. The summed E-state index contributed by atoms with van der Waals surface area (Å²) in [4.78, 5) is 10.9. The fourth-order valence-corrected chi connectivity index (χ4v) is 1.05. The van der Waals surface area contributed by atoms with E-state index in [1.165, 1.54) is 0 Å². The molecule has 0 saturated carbocycles. The molecule has 1 rings (SSSR count). The predicted octanol–water partition coefficient (Wildman–Crippen LogP) is -0.941. The van der Waals surface area contributed by atoms with E-state index in [2.05, 4.69) is 5.43 Å². The highest BCUT2D eigenvalue weighted by Gasteiger charge is 2.20. The third kappa shape index (κ3) is 1.03. The zero-order chi connectivity index (χ0) is 7.56. The van der Waals surface area contributed by atoms with Gasteiger partial charge in [-0.3, -0.25) is 10.6 Å². The van der Waals surface area contributed by atoms with Crippen molar-refractivity contribution in [3.05, 3.63) is 11.3 Å². The molecular formula is C6H10N2O2. The number of nitrogens with one attached hydrogen (secondary N) is 1. The minimum Gasteiger partial charge on any atom is -0.391 e. The molecule has 0 bridgehead atoms. The maximum absolute atomic E-state index is 10.9. The summed E-state index contributed by atoms with van der Waals surface area (Å²) in [6.45, 7) is -0.210. The standard InChI is InChI=1S/C6H10N2O2/c7-8-5-1-2-6(10)4(5)3-9/h8-9H,1-3,7H2. The van der Waals surface area contributed by atoms with E-state index in [1.54, 1.807) is 0 Å². The molecule has 0 aromatic heterocycles. The van der Waals surface area contributed by atoms with Crippen molar-refractivity contribution in [1.29, 1.82) is 0 Å². The molecular weight excluding hydrogens is 132 g/mol. The van der Waals surface area contributed by atoms with Gasteiger partial charge in [-0.15, -0.1) is 0 Å². The molecule has 0 fully saturated rings. The Bertz CT molecular complexity index is 186. The summed E-state index contributed by atoms with van der Waals surface area (Å²) in [6, 6.07) is 0. The summed E-state index contributed by atoms with van der Waals surface area (Å²) in [6.07, 6.45) is 1.10. The van der Waals surface area contributed by atoms with Crippen LogP contribution in [0, 0.1) is 0 Å². The van der Waals surface area contributed by atoms with Crippen molar-refractivity contribution in [2.75, 3.05) is 6.61 Å². The highest BCUT2D eigenvalue weighted by atomic mass is 16.3. The Morgan fingerprint density at radius 1 is 1.60 bits per heavy atom. The molecule has 0 amide bonds. The highest BCUT2D eigenvalue weighted by molar-refractivity contribution is 5.98. The van der Waals surface area contributed by atoms with Crippen LogP contribution in [-0.4, -0.2) is 17.5 Å². The second-order valence-corrected chi connectivity index (χ2v) is 2.18. The van der Waals surface area contributed by atoms with Gasteiger partial charge in [-0.05, 0) is 6.42 Å². The van der Waals surface area contributed by atoms with E-state index >= 15 is 0 Å². The van der Waals surface area contributed by atoms with E-state index in [0.717, 1.165) is 0 Å². The molecule has 4 heteroatoms. The molecule has 0 aliphatic heterocycles. The van der Waals surface area contributed by atoms with Gasteiger partial charge in [-0.2, -0.15) is 0 Å². The number of aliphatic hydroxyl groups is 1. The normalized spacial score (nSPS) is 18.4. The SMILES string of the molecule is NNC1=C(CO)C(=O)CC1. The lowest BCUT2D eigenvalue weighted by atomic mass is 10.2. The fraction of sp³-hybridized carbons (Fsp3) is 0.500. The second-order valence-electron chi connectivity index (χ2n) is 2.18. The van der Waals surface area contributed by atoms with Crippen LogP contribution in [0.5, 0.6) is 0 Å². The number of carbonyl (C=O) groups excluding carboxylic acids is 1. The van der Waals surface area contributed by atoms with Gasteiger partial charge in [-0.25, -0.2) is 0 Å². The van der Waals surface area contributed by atoms with E-state index in [-0.39, 0.29) is 12.4 Å². The monoisotopic (exact) mass is 142 g/mol. The number of hydrogen-bond donors (Lipinski definition) is 3. The summed E-state index contributed by atoms with van der Waals surface area (Å²) in [7, 11) is 0. The van der Waals surface area contributed by atoms with Crippen LogP contribution in [0.1, 0.15) is 12.8 Å². The van der Waals surface area contributed by atoms with Crippen molar-refractivity contribution in [2.45, 2.75) is 12.8 Å². The number of aliphatic hydroxyl groups excluding tert-OH is 1. The molecule has 0 atom stereocenters. The van der Waals surface area contributed by atoms with Crippen LogP contribution >= 0.6 is 0 Å². The molecule has 0 aromatic carbocycles. The lowest BCUT2D eigenvalue weighted by Crippen LogP contribution is -2.21. The minimum absolute atomic E-state index is 0.00421. The van der Waals surface area contributed by atoms with Gasteiger partial charge >= 0.3 is 0 Å². The van der Waals surface area contributed by atoms with Crippen molar-refractivity contribution in [3.63, 3.8) is 0 Å². The number of Topliss-reactive ketones (excluding diaryl/α,β-unsaturated/α-hetero) is 1. The molecule has 0 aromatic rings. The quantitative estimate of drug-likeness (QED) is 0.343. The average Bonchev–Trinajstić information content (AvgIpc) is 2.30. The Morgan fingerprint density at radius 3 is 2.70 bits per heavy atom. The number of hydrazine groups is 1. The van der Waals surface area contributed by atoms with Crippen LogP contribution < -0.4 is 11.3 Å². The zero-order valence-electron chi connectivity index (χ0n) is 5.55. The van der Waals surface area contributed by atoms with E-state index in [1.807, 2.05) is 0 Å². The van der Waals surface area contributed by atoms with Gasteiger partial charge in [0.15, 0.2) is 5.78 Å². The van der Waals surface area contributed by atoms with Crippen molar-refractivity contribution < 1.29 is 9.90 Å². The maximum Gasteiger partial charge on any atom is 0.163 e. The Kier molecular flexibility index (Phi) is 2.03. The van der Waals surface area contributed by atoms with Gasteiger partial charge in [0, 0.05) is 17.7 Å². The summed E-state index contributed by atoms with van der Waals surface area (Å²) < 4.78 is 0. The van der Waals surface area contributed by atoms with Crippen LogP contribution in [-0.2, 0) is 4.79 Å². The number of nitrogens with two attached hydrogens (primary N) is 1. The first kappa shape index (κ1) is 7.24. The summed E-state index contributed by atoms with van der Waals surface area (Å²) in [5, 5.41) is 8.66. The zero-order valence-corrected chi connectivity index (χ0v) is 5.55.